The van der Waals surface area contributed by atoms with Gasteiger partial charge in [0, 0.05) is 41.5 Å². The molecule has 3 aromatic rings. The SMILES string of the molecule is COc1ccc2c(Sc3ccccc3)c(C(=O)NCCCN3[C@@H](C)CCC[C@@H]3C)[nH]c2c1. The molecule has 1 aliphatic rings. The van der Waals surface area contributed by atoms with E-state index in [-0.39, 0.29) is 5.91 Å². The maximum atomic E-state index is 13.2. The fraction of sp³-hybridized carbons (Fsp3) is 0.423. The summed E-state index contributed by atoms with van der Waals surface area (Å²) in [5.41, 5.74) is 1.52. The van der Waals surface area contributed by atoms with Crippen LogP contribution in [0.5, 0.6) is 5.75 Å². The number of likely N-dealkylation sites (tertiary alicyclic amines) is 1. The zero-order valence-corrected chi connectivity index (χ0v) is 20.0. The summed E-state index contributed by atoms with van der Waals surface area (Å²) in [7, 11) is 1.65. The summed E-state index contributed by atoms with van der Waals surface area (Å²) < 4.78 is 5.37. The van der Waals surface area contributed by atoms with Crippen molar-refractivity contribution in [2.24, 2.45) is 0 Å². The minimum atomic E-state index is -0.0571. The number of carbonyl (C=O) groups excluding carboxylic acids is 1. The molecule has 5 nitrogen and oxygen atoms in total. The Morgan fingerprint density at radius 1 is 1.16 bits per heavy atom. The Morgan fingerprint density at radius 3 is 2.62 bits per heavy atom. The number of rotatable bonds is 8. The highest BCUT2D eigenvalue weighted by atomic mass is 32.2. The van der Waals surface area contributed by atoms with Gasteiger partial charge in [-0.3, -0.25) is 9.69 Å². The van der Waals surface area contributed by atoms with E-state index in [2.05, 4.69) is 41.2 Å². The van der Waals surface area contributed by atoms with Crippen LogP contribution < -0.4 is 10.1 Å². The fourth-order valence-corrected chi connectivity index (χ4v) is 5.68. The van der Waals surface area contributed by atoms with E-state index in [0.29, 0.717) is 24.3 Å². The third-order valence-corrected chi connectivity index (χ3v) is 7.54. The van der Waals surface area contributed by atoms with E-state index in [9.17, 15) is 4.79 Å². The number of hydrogen-bond acceptors (Lipinski definition) is 4. The van der Waals surface area contributed by atoms with Crippen LogP contribution in [0.3, 0.4) is 0 Å². The predicted molar refractivity (Wildman–Crippen MR) is 132 cm³/mol. The van der Waals surface area contributed by atoms with Crippen LogP contribution in [0.25, 0.3) is 10.9 Å². The fourth-order valence-electron chi connectivity index (χ4n) is 4.62. The van der Waals surface area contributed by atoms with E-state index in [0.717, 1.165) is 39.4 Å². The van der Waals surface area contributed by atoms with Crippen LogP contribution in [0.1, 0.15) is 50.0 Å². The van der Waals surface area contributed by atoms with Crippen LogP contribution in [0, 0.1) is 0 Å². The highest BCUT2D eigenvalue weighted by Gasteiger charge is 2.24. The average molecular weight is 452 g/mol. The van der Waals surface area contributed by atoms with Crippen molar-refractivity contribution in [2.75, 3.05) is 20.2 Å². The van der Waals surface area contributed by atoms with E-state index < -0.39 is 0 Å². The normalized spacial score (nSPS) is 19.2. The summed E-state index contributed by atoms with van der Waals surface area (Å²) in [4.78, 5) is 21.1. The van der Waals surface area contributed by atoms with Gasteiger partial charge < -0.3 is 15.0 Å². The van der Waals surface area contributed by atoms with E-state index in [1.807, 2.05) is 36.4 Å². The zero-order chi connectivity index (χ0) is 22.5. The molecule has 0 bridgehead atoms. The molecule has 32 heavy (non-hydrogen) atoms. The third kappa shape index (κ3) is 5.13. The molecule has 1 aromatic heterocycles. The molecule has 4 rings (SSSR count). The first-order chi connectivity index (χ1) is 15.6. The van der Waals surface area contributed by atoms with Crippen LogP contribution in [-0.2, 0) is 0 Å². The lowest BCUT2D eigenvalue weighted by atomic mass is 9.97. The average Bonchev–Trinajstić information content (AvgIpc) is 3.16. The molecule has 0 spiro atoms. The van der Waals surface area contributed by atoms with Crippen molar-refractivity contribution < 1.29 is 9.53 Å². The largest absolute Gasteiger partial charge is 0.497 e. The van der Waals surface area contributed by atoms with Gasteiger partial charge in [-0.05, 0) is 57.4 Å². The summed E-state index contributed by atoms with van der Waals surface area (Å²) in [5, 5.41) is 4.17. The Kier molecular flexibility index (Phi) is 7.43. The van der Waals surface area contributed by atoms with Gasteiger partial charge in [-0.25, -0.2) is 0 Å². The summed E-state index contributed by atoms with van der Waals surface area (Å²) in [5.74, 6) is 0.713. The number of carbonyl (C=O) groups is 1. The molecule has 1 amide bonds. The van der Waals surface area contributed by atoms with Gasteiger partial charge >= 0.3 is 0 Å². The summed E-state index contributed by atoms with van der Waals surface area (Å²) in [6.07, 6.45) is 4.82. The molecule has 6 heteroatoms. The number of fused-ring (bicyclic) bond motifs is 1. The molecule has 0 saturated carbocycles. The number of benzene rings is 2. The van der Waals surface area contributed by atoms with E-state index in [4.69, 9.17) is 4.74 Å². The first-order valence-corrected chi connectivity index (χ1v) is 12.3. The molecule has 2 atom stereocenters. The van der Waals surface area contributed by atoms with Crippen molar-refractivity contribution in [1.82, 2.24) is 15.2 Å². The molecular weight excluding hydrogens is 418 g/mol. The zero-order valence-electron chi connectivity index (χ0n) is 19.2. The predicted octanol–water partition coefficient (Wildman–Crippen LogP) is 5.71. The summed E-state index contributed by atoms with van der Waals surface area (Å²) in [6.45, 7) is 6.33. The van der Waals surface area contributed by atoms with Gasteiger partial charge in [-0.1, -0.05) is 36.4 Å². The molecule has 2 heterocycles. The highest BCUT2D eigenvalue weighted by Crippen LogP contribution is 2.37. The second kappa shape index (κ2) is 10.5. The van der Waals surface area contributed by atoms with E-state index in [1.54, 1.807) is 18.9 Å². The molecule has 1 fully saturated rings. The summed E-state index contributed by atoms with van der Waals surface area (Å²) in [6, 6.07) is 17.3. The number of hydrogen-bond donors (Lipinski definition) is 2. The number of methoxy groups -OCH3 is 1. The van der Waals surface area contributed by atoms with Crippen molar-refractivity contribution in [3.8, 4) is 5.75 Å². The second-order valence-electron chi connectivity index (χ2n) is 8.63. The van der Waals surface area contributed by atoms with Crippen molar-refractivity contribution in [2.45, 2.75) is 61.4 Å². The quantitative estimate of drug-likeness (QED) is 0.431. The van der Waals surface area contributed by atoms with Crippen LogP contribution in [0.4, 0.5) is 0 Å². The Balaban J connectivity index is 1.48. The number of amides is 1. The molecule has 0 radical (unpaired) electrons. The number of piperidine rings is 1. The monoisotopic (exact) mass is 451 g/mol. The third-order valence-electron chi connectivity index (χ3n) is 6.40. The lowest BCUT2D eigenvalue weighted by molar-refractivity contribution is 0.0919. The molecule has 0 aliphatic carbocycles. The Bertz CT molecular complexity index is 1040. The molecule has 2 aromatic carbocycles. The van der Waals surface area contributed by atoms with Gasteiger partial charge in [-0.2, -0.15) is 0 Å². The maximum Gasteiger partial charge on any atom is 0.268 e. The highest BCUT2D eigenvalue weighted by molar-refractivity contribution is 7.99. The number of ether oxygens (including phenoxy) is 1. The number of aromatic amines is 1. The van der Waals surface area contributed by atoms with Crippen molar-refractivity contribution in [3.05, 3.63) is 54.2 Å². The van der Waals surface area contributed by atoms with Gasteiger partial charge in [0.15, 0.2) is 0 Å². The lowest BCUT2D eigenvalue weighted by Gasteiger charge is -2.39. The van der Waals surface area contributed by atoms with Gasteiger partial charge in [0.25, 0.3) is 5.91 Å². The number of nitrogens with zero attached hydrogens (tertiary/aromatic N) is 1. The van der Waals surface area contributed by atoms with Gasteiger partial charge in [0.1, 0.15) is 11.4 Å². The Hall–Kier alpha value is -2.44. The Labute approximate surface area is 194 Å². The summed E-state index contributed by atoms with van der Waals surface area (Å²) >= 11 is 1.61. The number of nitrogens with one attached hydrogen (secondary N) is 2. The van der Waals surface area contributed by atoms with Crippen molar-refractivity contribution in [1.29, 1.82) is 0 Å². The lowest BCUT2D eigenvalue weighted by Crippen LogP contribution is -2.44. The van der Waals surface area contributed by atoms with Crippen LogP contribution in [-0.4, -0.2) is 48.1 Å². The molecule has 1 aliphatic heterocycles. The first-order valence-electron chi connectivity index (χ1n) is 11.5. The number of H-pyrrole nitrogens is 1. The molecule has 1 saturated heterocycles. The van der Waals surface area contributed by atoms with Gasteiger partial charge in [0.2, 0.25) is 0 Å². The minimum absolute atomic E-state index is 0.0571. The topological polar surface area (TPSA) is 57.4 Å². The van der Waals surface area contributed by atoms with Crippen molar-refractivity contribution >= 4 is 28.6 Å². The van der Waals surface area contributed by atoms with Crippen LogP contribution in [0.15, 0.2) is 58.3 Å². The number of aromatic nitrogens is 1. The smallest absolute Gasteiger partial charge is 0.268 e. The molecule has 2 N–H and O–H groups in total. The van der Waals surface area contributed by atoms with Gasteiger partial charge in [0.05, 0.1) is 17.5 Å². The molecule has 170 valence electrons. The van der Waals surface area contributed by atoms with Crippen molar-refractivity contribution in [3.63, 3.8) is 0 Å². The van der Waals surface area contributed by atoms with E-state index >= 15 is 0 Å². The Morgan fingerprint density at radius 2 is 1.91 bits per heavy atom. The van der Waals surface area contributed by atoms with Crippen LogP contribution >= 0.6 is 11.8 Å². The second-order valence-corrected chi connectivity index (χ2v) is 9.72. The standard InChI is InChI=1S/C26H33N3O2S/c1-18-9-7-10-19(2)29(18)16-8-15-27-26(30)24-25(32-21-11-5-4-6-12-21)22-14-13-20(31-3)17-23(22)28-24/h4-6,11-14,17-19,28H,7-10,15-16H2,1-3H3,(H,27,30)/t18-,19-/m0/s1. The van der Waals surface area contributed by atoms with Crippen LogP contribution in [0.2, 0.25) is 0 Å². The van der Waals surface area contributed by atoms with Gasteiger partial charge in [-0.15, -0.1) is 0 Å². The maximum absolute atomic E-state index is 13.2. The molecule has 0 unspecified atom stereocenters. The molecular formula is C26H33N3O2S. The van der Waals surface area contributed by atoms with E-state index in [1.165, 1.54) is 19.3 Å². The minimum Gasteiger partial charge on any atom is -0.497 e. The first kappa shape index (κ1) is 22.7.